The molecular formula is C17H23N5O4S. The van der Waals surface area contributed by atoms with E-state index in [0.29, 0.717) is 10.5 Å². The maximum Gasteiger partial charge on any atom is 0.345 e. The molecule has 0 atom stereocenters. The SMILES string of the molecule is Cc1ccc(C)c(S(=O)(=O)N2CCN(C(=O)Cn3ncn(C)c3=O)CC2)c1. The number of carbonyl (C=O) groups is 1. The minimum Gasteiger partial charge on any atom is -0.338 e. The van der Waals surface area contributed by atoms with Crippen molar-refractivity contribution >= 4 is 15.9 Å². The standard InChI is InChI=1S/C17H23N5O4S/c1-13-4-5-14(2)15(10-13)27(25,26)21-8-6-20(7-9-21)16(23)11-22-17(24)19(3)12-18-22/h4-5,10,12H,6-9,11H2,1-3H3. The molecule has 27 heavy (non-hydrogen) atoms. The lowest BCUT2D eigenvalue weighted by Crippen LogP contribution is -2.51. The van der Waals surface area contributed by atoms with Gasteiger partial charge in [0.1, 0.15) is 12.9 Å². The van der Waals surface area contributed by atoms with E-state index >= 15 is 0 Å². The van der Waals surface area contributed by atoms with Crippen LogP contribution >= 0.6 is 0 Å². The molecular weight excluding hydrogens is 370 g/mol. The summed E-state index contributed by atoms with van der Waals surface area (Å²) < 4.78 is 29.7. The van der Waals surface area contributed by atoms with Gasteiger partial charge in [0.05, 0.1) is 4.90 Å². The number of carbonyl (C=O) groups excluding carboxylic acids is 1. The Kier molecular flexibility index (Phi) is 5.20. The van der Waals surface area contributed by atoms with Gasteiger partial charge in [0.25, 0.3) is 0 Å². The number of hydrogen-bond acceptors (Lipinski definition) is 5. The third kappa shape index (κ3) is 3.81. The molecule has 3 rings (SSSR count). The van der Waals surface area contributed by atoms with Gasteiger partial charge < -0.3 is 4.90 Å². The highest BCUT2D eigenvalue weighted by atomic mass is 32.2. The first-order chi connectivity index (χ1) is 12.7. The average molecular weight is 393 g/mol. The van der Waals surface area contributed by atoms with Crippen LogP contribution in [0.1, 0.15) is 11.1 Å². The van der Waals surface area contributed by atoms with Crippen LogP contribution in [-0.2, 0) is 28.4 Å². The molecule has 1 aromatic heterocycles. The van der Waals surface area contributed by atoms with Gasteiger partial charge in [-0.1, -0.05) is 12.1 Å². The van der Waals surface area contributed by atoms with Crippen LogP contribution in [0.25, 0.3) is 0 Å². The van der Waals surface area contributed by atoms with Crippen molar-refractivity contribution in [3.8, 4) is 0 Å². The molecule has 0 N–H and O–H groups in total. The lowest BCUT2D eigenvalue weighted by atomic mass is 10.2. The van der Waals surface area contributed by atoms with Crippen molar-refractivity contribution < 1.29 is 13.2 Å². The fourth-order valence-electron chi connectivity index (χ4n) is 3.06. The summed E-state index contributed by atoms with van der Waals surface area (Å²) in [5.41, 5.74) is 1.22. The first-order valence-electron chi connectivity index (χ1n) is 8.64. The van der Waals surface area contributed by atoms with Crippen LogP contribution < -0.4 is 5.69 Å². The van der Waals surface area contributed by atoms with Crippen molar-refractivity contribution in [3.63, 3.8) is 0 Å². The van der Waals surface area contributed by atoms with Gasteiger partial charge in [-0.05, 0) is 31.0 Å². The van der Waals surface area contributed by atoms with Crippen molar-refractivity contribution in [2.24, 2.45) is 7.05 Å². The van der Waals surface area contributed by atoms with E-state index in [-0.39, 0.29) is 44.3 Å². The van der Waals surface area contributed by atoms with Gasteiger partial charge in [0.15, 0.2) is 0 Å². The molecule has 1 aromatic carbocycles. The molecule has 1 amide bonds. The molecule has 0 saturated carbocycles. The van der Waals surface area contributed by atoms with Gasteiger partial charge in [-0.3, -0.25) is 9.36 Å². The van der Waals surface area contributed by atoms with Gasteiger partial charge in [-0.15, -0.1) is 0 Å². The summed E-state index contributed by atoms with van der Waals surface area (Å²) in [7, 11) is -2.04. The maximum atomic E-state index is 12.9. The largest absolute Gasteiger partial charge is 0.345 e. The number of piperazine rings is 1. The minimum absolute atomic E-state index is 0.149. The molecule has 0 spiro atoms. The van der Waals surface area contributed by atoms with E-state index in [0.717, 1.165) is 10.2 Å². The predicted octanol–water partition coefficient (Wildman–Crippen LogP) is -0.268. The minimum atomic E-state index is -3.60. The molecule has 0 radical (unpaired) electrons. The number of benzene rings is 1. The Bertz CT molecular complexity index is 1020. The lowest BCUT2D eigenvalue weighted by molar-refractivity contribution is -0.133. The summed E-state index contributed by atoms with van der Waals surface area (Å²) >= 11 is 0. The molecule has 1 saturated heterocycles. The van der Waals surface area contributed by atoms with Crippen LogP contribution in [0.4, 0.5) is 0 Å². The first-order valence-corrected chi connectivity index (χ1v) is 10.1. The Labute approximate surface area is 157 Å². The zero-order chi connectivity index (χ0) is 19.8. The van der Waals surface area contributed by atoms with E-state index in [4.69, 9.17) is 0 Å². The summed E-state index contributed by atoms with van der Waals surface area (Å²) in [5, 5.41) is 3.88. The van der Waals surface area contributed by atoms with E-state index in [1.165, 1.54) is 15.2 Å². The molecule has 0 unspecified atom stereocenters. The number of aryl methyl sites for hydroxylation is 3. The molecule has 2 heterocycles. The number of nitrogens with zero attached hydrogens (tertiary/aromatic N) is 5. The molecule has 1 aliphatic rings. The van der Waals surface area contributed by atoms with E-state index in [2.05, 4.69) is 5.10 Å². The van der Waals surface area contributed by atoms with Crippen LogP contribution in [0, 0.1) is 13.8 Å². The summed E-state index contributed by atoms with van der Waals surface area (Å²) in [5.74, 6) is -0.250. The Morgan fingerprint density at radius 2 is 1.81 bits per heavy atom. The second-order valence-corrected chi connectivity index (χ2v) is 8.64. The highest BCUT2D eigenvalue weighted by Crippen LogP contribution is 2.22. The predicted molar refractivity (Wildman–Crippen MR) is 98.7 cm³/mol. The number of aromatic nitrogens is 3. The van der Waals surface area contributed by atoms with E-state index in [1.54, 1.807) is 31.0 Å². The topological polar surface area (TPSA) is 97.5 Å². The summed E-state index contributed by atoms with van der Waals surface area (Å²) in [6.45, 7) is 4.49. The monoisotopic (exact) mass is 393 g/mol. The highest BCUT2D eigenvalue weighted by Gasteiger charge is 2.31. The summed E-state index contributed by atoms with van der Waals surface area (Å²) in [6, 6.07) is 5.35. The molecule has 2 aromatic rings. The number of amides is 1. The van der Waals surface area contributed by atoms with Crippen LogP contribution in [0.2, 0.25) is 0 Å². The second kappa shape index (κ2) is 7.28. The third-order valence-electron chi connectivity index (χ3n) is 4.72. The lowest BCUT2D eigenvalue weighted by Gasteiger charge is -2.34. The summed E-state index contributed by atoms with van der Waals surface area (Å²) in [4.78, 5) is 26.1. The number of rotatable bonds is 4. The zero-order valence-electron chi connectivity index (χ0n) is 15.6. The fraction of sp³-hybridized carbons (Fsp3) is 0.471. The van der Waals surface area contributed by atoms with Crippen molar-refractivity contribution in [1.82, 2.24) is 23.6 Å². The zero-order valence-corrected chi connectivity index (χ0v) is 16.4. The molecule has 10 heteroatoms. The van der Waals surface area contributed by atoms with Gasteiger partial charge in [-0.25, -0.2) is 17.9 Å². The fourth-order valence-corrected chi connectivity index (χ4v) is 4.79. The quantitative estimate of drug-likeness (QED) is 0.712. The van der Waals surface area contributed by atoms with Crippen molar-refractivity contribution in [2.75, 3.05) is 26.2 Å². The van der Waals surface area contributed by atoms with Crippen molar-refractivity contribution in [2.45, 2.75) is 25.3 Å². The Morgan fingerprint density at radius 3 is 2.41 bits per heavy atom. The van der Waals surface area contributed by atoms with Crippen LogP contribution in [0.15, 0.2) is 34.2 Å². The van der Waals surface area contributed by atoms with Crippen LogP contribution in [0.3, 0.4) is 0 Å². The molecule has 9 nitrogen and oxygen atoms in total. The Balaban J connectivity index is 1.67. The molecule has 0 bridgehead atoms. The molecule has 1 fully saturated rings. The first kappa shape index (κ1) is 19.3. The van der Waals surface area contributed by atoms with Gasteiger partial charge in [-0.2, -0.15) is 9.40 Å². The molecule has 0 aliphatic carbocycles. The van der Waals surface area contributed by atoms with E-state index < -0.39 is 10.0 Å². The summed E-state index contributed by atoms with van der Waals surface area (Å²) in [6.07, 6.45) is 1.35. The number of sulfonamides is 1. The van der Waals surface area contributed by atoms with Crippen LogP contribution in [0.5, 0.6) is 0 Å². The van der Waals surface area contributed by atoms with E-state index in [9.17, 15) is 18.0 Å². The smallest absolute Gasteiger partial charge is 0.338 e. The van der Waals surface area contributed by atoms with E-state index in [1.807, 2.05) is 13.0 Å². The van der Waals surface area contributed by atoms with Gasteiger partial charge in [0, 0.05) is 33.2 Å². The third-order valence-corrected chi connectivity index (χ3v) is 6.77. The Hall–Kier alpha value is -2.46. The average Bonchev–Trinajstić information content (AvgIpc) is 2.95. The van der Waals surface area contributed by atoms with Gasteiger partial charge in [0.2, 0.25) is 15.9 Å². The molecule has 1 aliphatic heterocycles. The number of hydrogen-bond donors (Lipinski definition) is 0. The van der Waals surface area contributed by atoms with Crippen molar-refractivity contribution in [3.05, 3.63) is 46.1 Å². The van der Waals surface area contributed by atoms with Crippen LogP contribution in [-0.4, -0.2) is 64.1 Å². The Morgan fingerprint density at radius 1 is 1.15 bits per heavy atom. The highest BCUT2D eigenvalue weighted by molar-refractivity contribution is 7.89. The molecule has 146 valence electrons. The van der Waals surface area contributed by atoms with Gasteiger partial charge >= 0.3 is 5.69 Å². The maximum absolute atomic E-state index is 12.9. The second-order valence-electron chi connectivity index (χ2n) is 6.74. The normalized spacial score (nSPS) is 15.9. The van der Waals surface area contributed by atoms with Crippen molar-refractivity contribution in [1.29, 1.82) is 0 Å².